The third-order valence-corrected chi connectivity index (χ3v) is 7.69. The zero-order chi connectivity index (χ0) is 22.8. The number of anilines is 2. The average molecular weight is 451 g/mol. The van der Waals surface area contributed by atoms with Crippen LogP contribution in [0, 0.1) is 11.3 Å². The highest BCUT2D eigenvalue weighted by Gasteiger charge is 2.34. The van der Waals surface area contributed by atoms with Gasteiger partial charge in [-0.2, -0.15) is 5.26 Å². The summed E-state index contributed by atoms with van der Waals surface area (Å²) >= 11 is 1.53. The molecule has 4 rings (SSSR count). The van der Waals surface area contributed by atoms with Crippen LogP contribution >= 0.6 is 11.3 Å². The normalized spacial score (nSPS) is 19.3. The Kier molecular flexibility index (Phi) is 6.63. The summed E-state index contributed by atoms with van der Waals surface area (Å²) < 4.78 is 0. The van der Waals surface area contributed by atoms with Gasteiger partial charge in [0.05, 0.1) is 17.6 Å². The summed E-state index contributed by atoms with van der Waals surface area (Å²) in [4.78, 5) is 29.2. The van der Waals surface area contributed by atoms with Crippen molar-refractivity contribution < 1.29 is 9.59 Å². The topological polar surface area (TPSA) is 85.2 Å². The lowest BCUT2D eigenvalue weighted by molar-refractivity contribution is -0.121. The number of benzene rings is 1. The van der Waals surface area contributed by atoms with Crippen LogP contribution in [0.2, 0.25) is 0 Å². The number of aryl methyl sites for hydroxylation is 1. The molecule has 168 valence electrons. The quantitative estimate of drug-likeness (QED) is 0.670. The molecule has 32 heavy (non-hydrogen) atoms. The molecule has 7 heteroatoms. The highest BCUT2D eigenvalue weighted by Crippen LogP contribution is 2.37. The maximum absolute atomic E-state index is 13.2. The third kappa shape index (κ3) is 4.30. The number of nitrogens with one attached hydrogen (secondary N) is 2. The second-order valence-electron chi connectivity index (χ2n) is 8.87. The number of carbonyl (C=O) groups is 2. The van der Waals surface area contributed by atoms with Gasteiger partial charge in [0.2, 0.25) is 11.8 Å². The fraction of sp³-hybridized carbons (Fsp3) is 0.480. The highest BCUT2D eigenvalue weighted by molar-refractivity contribution is 7.16. The lowest BCUT2D eigenvalue weighted by atomic mass is 10.1. The van der Waals surface area contributed by atoms with E-state index in [-0.39, 0.29) is 17.9 Å². The molecule has 0 saturated heterocycles. The van der Waals surface area contributed by atoms with Gasteiger partial charge in [-0.1, -0.05) is 24.6 Å². The van der Waals surface area contributed by atoms with Crippen LogP contribution in [0.4, 0.5) is 10.7 Å². The maximum atomic E-state index is 13.2. The van der Waals surface area contributed by atoms with Crippen LogP contribution in [0.5, 0.6) is 0 Å². The molecule has 1 aliphatic heterocycles. The summed E-state index contributed by atoms with van der Waals surface area (Å²) in [5.41, 5.74) is 3.84. The van der Waals surface area contributed by atoms with E-state index in [1.165, 1.54) is 28.2 Å². The highest BCUT2D eigenvalue weighted by atomic mass is 32.1. The van der Waals surface area contributed by atoms with Gasteiger partial charge in [-0.05, 0) is 70.1 Å². The van der Waals surface area contributed by atoms with Gasteiger partial charge >= 0.3 is 0 Å². The molecule has 0 bridgehead atoms. The van der Waals surface area contributed by atoms with Crippen LogP contribution in [0.15, 0.2) is 24.3 Å². The van der Waals surface area contributed by atoms with E-state index in [1.54, 1.807) is 13.8 Å². The van der Waals surface area contributed by atoms with Crippen molar-refractivity contribution in [2.45, 2.75) is 77.4 Å². The van der Waals surface area contributed by atoms with Crippen LogP contribution in [0.25, 0.3) is 0 Å². The van der Waals surface area contributed by atoms with Gasteiger partial charge < -0.3 is 10.2 Å². The summed E-state index contributed by atoms with van der Waals surface area (Å²) in [6.45, 7) is 5.60. The number of hydrogen-bond acceptors (Lipinski definition) is 5. The van der Waals surface area contributed by atoms with Gasteiger partial charge in [-0.3, -0.25) is 14.9 Å². The number of carbonyl (C=O) groups excluding carboxylic acids is 2. The summed E-state index contributed by atoms with van der Waals surface area (Å²) in [5, 5.41) is 16.4. The fourth-order valence-corrected chi connectivity index (χ4v) is 6.04. The van der Waals surface area contributed by atoms with Gasteiger partial charge in [-0.15, -0.1) is 11.3 Å². The van der Waals surface area contributed by atoms with E-state index in [1.807, 2.05) is 30.0 Å². The van der Waals surface area contributed by atoms with Crippen molar-refractivity contribution in [2.24, 2.45) is 0 Å². The van der Waals surface area contributed by atoms with Crippen molar-refractivity contribution in [3.8, 4) is 6.07 Å². The first-order valence-electron chi connectivity index (χ1n) is 11.4. The molecule has 2 aromatic rings. The summed E-state index contributed by atoms with van der Waals surface area (Å²) in [7, 11) is 0. The first kappa shape index (κ1) is 22.5. The number of nitrogens with zero attached hydrogens (tertiary/aromatic N) is 2. The van der Waals surface area contributed by atoms with E-state index in [9.17, 15) is 14.9 Å². The Balaban J connectivity index is 1.42. The molecule has 0 saturated carbocycles. The second kappa shape index (κ2) is 9.43. The molecular weight excluding hydrogens is 420 g/mol. The van der Waals surface area contributed by atoms with Crippen LogP contribution in [0.3, 0.4) is 0 Å². The third-order valence-electron chi connectivity index (χ3n) is 6.48. The number of thiophene rings is 1. The zero-order valence-electron chi connectivity index (χ0n) is 18.9. The zero-order valence-corrected chi connectivity index (χ0v) is 19.7. The molecule has 1 aromatic heterocycles. The smallest absolute Gasteiger partial charge is 0.244 e. The number of fused-ring (bicyclic) bond motifs is 2. The lowest BCUT2D eigenvalue weighted by Gasteiger charge is -2.28. The second-order valence-corrected chi connectivity index (χ2v) is 9.97. The van der Waals surface area contributed by atoms with E-state index in [0.717, 1.165) is 43.4 Å². The minimum atomic E-state index is -0.574. The molecule has 0 fully saturated rings. The molecule has 3 unspecified atom stereocenters. The number of para-hydroxylation sites is 1. The van der Waals surface area contributed by atoms with Crippen molar-refractivity contribution in [3.63, 3.8) is 0 Å². The van der Waals surface area contributed by atoms with E-state index in [2.05, 4.69) is 22.8 Å². The van der Waals surface area contributed by atoms with E-state index < -0.39 is 12.1 Å². The molecule has 1 aromatic carbocycles. The SMILES string of the molecule is CC(NC(C)C(=O)N1c2ccccc2CC1C)C(=O)Nc1sc2c(c1C#N)CCCCC2. The molecule has 2 aliphatic rings. The largest absolute Gasteiger partial charge is 0.315 e. The maximum Gasteiger partial charge on any atom is 0.244 e. The molecular formula is C25H30N4O2S. The average Bonchev–Trinajstić information content (AvgIpc) is 3.18. The van der Waals surface area contributed by atoms with E-state index in [0.29, 0.717) is 10.6 Å². The van der Waals surface area contributed by atoms with Crippen LogP contribution in [-0.4, -0.2) is 29.9 Å². The molecule has 6 nitrogen and oxygen atoms in total. The van der Waals surface area contributed by atoms with Gasteiger partial charge in [0.1, 0.15) is 11.1 Å². The number of nitriles is 1. The fourth-order valence-electron chi connectivity index (χ4n) is 4.80. The van der Waals surface area contributed by atoms with Crippen molar-refractivity contribution in [2.75, 3.05) is 10.2 Å². The summed E-state index contributed by atoms with van der Waals surface area (Å²) in [5.74, 6) is -0.268. The minimum absolute atomic E-state index is 0.0392. The monoisotopic (exact) mass is 450 g/mol. The minimum Gasteiger partial charge on any atom is -0.315 e. The number of hydrogen-bond donors (Lipinski definition) is 2. The number of rotatable bonds is 5. The molecule has 0 spiro atoms. The Morgan fingerprint density at radius 3 is 2.69 bits per heavy atom. The molecule has 2 N–H and O–H groups in total. The van der Waals surface area contributed by atoms with Crippen molar-refractivity contribution in [3.05, 3.63) is 45.8 Å². The molecule has 0 radical (unpaired) electrons. The Morgan fingerprint density at radius 2 is 1.91 bits per heavy atom. The Bertz CT molecular complexity index is 1070. The predicted octanol–water partition coefficient (Wildman–Crippen LogP) is 4.17. The van der Waals surface area contributed by atoms with Crippen molar-refractivity contribution >= 4 is 33.8 Å². The lowest BCUT2D eigenvalue weighted by Crippen LogP contribution is -2.52. The van der Waals surface area contributed by atoms with Gasteiger partial charge in [0.15, 0.2) is 0 Å². The van der Waals surface area contributed by atoms with Gasteiger partial charge in [0.25, 0.3) is 0 Å². The van der Waals surface area contributed by atoms with E-state index >= 15 is 0 Å². The number of amides is 2. The molecule has 3 atom stereocenters. The van der Waals surface area contributed by atoms with Crippen molar-refractivity contribution in [1.82, 2.24) is 5.32 Å². The molecule has 2 amide bonds. The summed E-state index contributed by atoms with van der Waals surface area (Å²) in [6.07, 6.45) is 6.10. The molecule has 1 aliphatic carbocycles. The molecule has 2 heterocycles. The first-order chi connectivity index (χ1) is 15.4. The standard InChI is InChI=1S/C25H30N4O2S/c1-15-13-18-9-7-8-11-21(18)29(15)25(31)17(3)27-16(2)23(30)28-24-20(14-26)19-10-5-4-6-12-22(19)32-24/h7-9,11,15-17,27H,4-6,10,12-13H2,1-3H3,(H,28,30). The predicted molar refractivity (Wildman–Crippen MR) is 128 cm³/mol. The van der Waals surface area contributed by atoms with Crippen molar-refractivity contribution in [1.29, 1.82) is 5.26 Å². The van der Waals surface area contributed by atoms with Crippen LogP contribution in [0.1, 0.15) is 61.6 Å². The Morgan fingerprint density at radius 1 is 1.16 bits per heavy atom. The first-order valence-corrected chi connectivity index (χ1v) is 12.2. The Labute approximate surface area is 193 Å². The van der Waals surface area contributed by atoms with Crippen LogP contribution < -0.4 is 15.5 Å². The summed E-state index contributed by atoms with van der Waals surface area (Å²) in [6, 6.07) is 9.28. The Hall–Kier alpha value is -2.69. The van der Waals surface area contributed by atoms with Crippen LogP contribution in [-0.2, 0) is 28.9 Å². The van der Waals surface area contributed by atoms with E-state index in [4.69, 9.17) is 0 Å². The van der Waals surface area contributed by atoms with Gasteiger partial charge in [-0.25, -0.2) is 0 Å². The van der Waals surface area contributed by atoms with Gasteiger partial charge in [0, 0.05) is 16.6 Å².